The van der Waals surface area contributed by atoms with Gasteiger partial charge in [0.25, 0.3) is 5.91 Å². The van der Waals surface area contributed by atoms with E-state index >= 15 is 0 Å². The van der Waals surface area contributed by atoms with E-state index in [4.69, 9.17) is 0 Å². The molecule has 3 heterocycles. The summed E-state index contributed by atoms with van der Waals surface area (Å²) in [7, 11) is 0. The molecule has 2 amide bonds. The number of benzene rings is 1. The Hall–Kier alpha value is -2.89. The van der Waals surface area contributed by atoms with E-state index in [0.717, 1.165) is 31.5 Å². The Labute approximate surface area is 158 Å². The summed E-state index contributed by atoms with van der Waals surface area (Å²) in [5, 5.41) is 3.34. The van der Waals surface area contributed by atoms with Gasteiger partial charge in [-0.3, -0.25) is 9.59 Å². The first-order chi connectivity index (χ1) is 13.2. The van der Waals surface area contributed by atoms with Crippen LogP contribution in [0.15, 0.2) is 42.6 Å². The number of fused-ring (bicyclic) bond motifs is 1. The zero-order valence-electron chi connectivity index (χ0n) is 15.1. The molecule has 27 heavy (non-hydrogen) atoms. The molecule has 3 aliphatic rings. The lowest BCUT2D eigenvalue weighted by Crippen LogP contribution is -2.30. The summed E-state index contributed by atoms with van der Waals surface area (Å²) in [6, 6.07) is 12.2. The number of carbonyl (C=O) groups excluding carboxylic acids is 2. The Bertz CT molecular complexity index is 891. The number of likely N-dealkylation sites (tertiary alicyclic amines) is 1. The minimum Gasteiger partial charge on any atom is -0.365 e. The van der Waals surface area contributed by atoms with E-state index in [0.29, 0.717) is 30.4 Å². The van der Waals surface area contributed by atoms with Crippen LogP contribution in [0.25, 0.3) is 0 Å². The van der Waals surface area contributed by atoms with Gasteiger partial charge in [0.05, 0.1) is 11.6 Å². The van der Waals surface area contributed by atoms with Gasteiger partial charge in [-0.2, -0.15) is 0 Å². The van der Waals surface area contributed by atoms with Crippen LogP contribution in [0.3, 0.4) is 0 Å². The fourth-order valence-corrected chi connectivity index (χ4v) is 4.09. The Morgan fingerprint density at radius 3 is 2.78 bits per heavy atom. The SMILES string of the molecule is O=C(c1ccc(NC2CC(=O)N(C3CC3)C2)nc1)N1CCc2ccccc21. The van der Waals surface area contributed by atoms with Crippen LogP contribution in [-0.2, 0) is 11.2 Å². The van der Waals surface area contributed by atoms with Crippen molar-refractivity contribution in [2.24, 2.45) is 0 Å². The molecule has 1 saturated heterocycles. The molecule has 0 spiro atoms. The maximum atomic E-state index is 12.8. The first kappa shape index (κ1) is 16.3. The predicted octanol–water partition coefficient (Wildman–Crippen LogP) is 2.46. The Kier molecular flexibility index (Phi) is 3.85. The van der Waals surface area contributed by atoms with Gasteiger partial charge in [-0.1, -0.05) is 18.2 Å². The zero-order valence-corrected chi connectivity index (χ0v) is 15.1. The molecule has 1 saturated carbocycles. The third-order valence-corrected chi connectivity index (χ3v) is 5.64. The van der Waals surface area contributed by atoms with Gasteiger partial charge in [0.1, 0.15) is 5.82 Å². The van der Waals surface area contributed by atoms with E-state index in [2.05, 4.69) is 16.4 Å². The summed E-state index contributed by atoms with van der Waals surface area (Å²) < 4.78 is 0. The third-order valence-electron chi connectivity index (χ3n) is 5.64. The molecule has 1 N–H and O–H groups in total. The van der Waals surface area contributed by atoms with Gasteiger partial charge in [-0.05, 0) is 43.0 Å². The van der Waals surface area contributed by atoms with Crippen LogP contribution in [0, 0.1) is 0 Å². The van der Waals surface area contributed by atoms with Gasteiger partial charge in [0.2, 0.25) is 5.91 Å². The van der Waals surface area contributed by atoms with Crippen LogP contribution in [0.2, 0.25) is 0 Å². The minimum absolute atomic E-state index is 0.0186. The Morgan fingerprint density at radius 2 is 2.00 bits per heavy atom. The molecule has 0 radical (unpaired) electrons. The van der Waals surface area contributed by atoms with Crippen LogP contribution in [-0.4, -0.2) is 46.9 Å². The van der Waals surface area contributed by atoms with E-state index in [9.17, 15) is 9.59 Å². The molecule has 1 aromatic heterocycles. The van der Waals surface area contributed by atoms with E-state index in [1.165, 1.54) is 5.56 Å². The molecule has 1 aromatic carbocycles. The van der Waals surface area contributed by atoms with E-state index in [1.54, 1.807) is 6.20 Å². The predicted molar refractivity (Wildman–Crippen MR) is 103 cm³/mol. The standard InChI is InChI=1S/C21H22N4O2/c26-20-11-16(13-25(20)17-6-7-17)23-19-8-5-15(12-22-19)21(27)24-10-9-14-3-1-2-4-18(14)24/h1-5,8,12,16-17H,6-7,9-11,13H2,(H,22,23). The summed E-state index contributed by atoms with van der Waals surface area (Å²) in [5.41, 5.74) is 2.79. The van der Waals surface area contributed by atoms with Crippen molar-refractivity contribution in [1.29, 1.82) is 0 Å². The second-order valence-electron chi connectivity index (χ2n) is 7.59. The molecule has 1 aliphatic carbocycles. The number of anilines is 2. The van der Waals surface area contributed by atoms with Crippen LogP contribution in [0.4, 0.5) is 11.5 Å². The van der Waals surface area contributed by atoms with Gasteiger partial charge < -0.3 is 15.1 Å². The van der Waals surface area contributed by atoms with Gasteiger partial charge in [-0.25, -0.2) is 4.98 Å². The molecule has 1 atom stereocenters. The molecule has 0 bridgehead atoms. The maximum absolute atomic E-state index is 12.8. The summed E-state index contributed by atoms with van der Waals surface area (Å²) in [6.07, 6.45) is 5.30. The fraction of sp³-hybridized carbons (Fsp3) is 0.381. The van der Waals surface area contributed by atoms with Gasteiger partial charge >= 0.3 is 0 Å². The molecule has 138 valence electrons. The third kappa shape index (κ3) is 3.05. The molecule has 2 fully saturated rings. The maximum Gasteiger partial charge on any atom is 0.259 e. The normalized spacial score (nSPS) is 21.5. The lowest BCUT2D eigenvalue weighted by molar-refractivity contribution is -0.128. The van der Waals surface area contributed by atoms with Crippen LogP contribution >= 0.6 is 0 Å². The minimum atomic E-state index is -0.0186. The molecule has 2 aliphatic heterocycles. The first-order valence-electron chi connectivity index (χ1n) is 9.61. The molecule has 2 aromatic rings. The Balaban J connectivity index is 1.25. The van der Waals surface area contributed by atoms with Crippen LogP contribution in [0.5, 0.6) is 0 Å². The van der Waals surface area contributed by atoms with Gasteiger partial charge in [0, 0.05) is 37.4 Å². The van der Waals surface area contributed by atoms with Crippen molar-refractivity contribution in [1.82, 2.24) is 9.88 Å². The summed E-state index contributed by atoms with van der Waals surface area (Å²) in [6.45, 7) is 1.45. The van der Waals surface area contributed by atoms with Crippen LogP contribution in [0.1, 0.15) is 35.2 Å². The number of rotatable bonds is 4. The van der Waals surface area contributed by atoms with Crippen molar-refractivity contribution in [3.8, 4) is 0 Å². The molecule has 1 unspecified atom stereocenters. The number of para-hydroxylation sites is 1. The second-order valence-corrected chi connectivity index (χ2v) is 7.59. The van der Waals surface area contributed by atoms with Crippen molar-refractivity contribution in [2.75, 3.05) is 23.3 Å². The average molecular weight is 362 g/mol. The lowest BCUT2D eigenvalue weighted by Gasteiger charge is -2.18. The van der Waals surface area contributed by atoms with Crippen molar-refractivity contribution in [2.45, 2.75) is 37.8 Å². The van der Waals surface area contributed by atoms with E-state index in [-0.39, 0.29) is 17.9 Å². The van der Waals surface area contributed by atoms with Crippen molar-refractivity contribution >= 4 is 23.3 Å². The van der Waals surface area contributed by atoms with E-state index < -0.39 is 0 Å². The highest BCUT2D eigenvalue weighted by Gasteiger charge is 2.39. The summed E-state index contributed by atoms with van der Waals surface area (Å²) >= 11 is 0. The monoisotopic (exact) mass is 362 g/mol. The molecular formula is C21H22N4O2. The van der Waals surface area contributed by atoms with Crippen LogP contribution < -0.4 is 10.2 Å². The smallest absolute Gasteiger partial charge is 0.259 e. The van der Waals surface area contributed by atoms with Gasteiger partial charge in [-0.15, -0.1) is 0 Å². The van der Waals surface area contributed by atoms with Crippen molar-refractivity contribution < 1.29 is 9.59 Å². The number of nitrogens with zero attached hydrogens (tertiary/aromatic N) is 3. The highest BCUT2D eigenvalue weighted by molar-refractivity contribution is 6.07. The highest BCUT2D eigenvalue weighted by atomic mass is 16.2. The number of hydrogen-bond acceptors (Lipinski definition) is 4. The lowest BCUT2D eigenvalue weighted by atomic mass is 10.2. The number of amides is 2. The van der Waals surface area contributed by atoms with Crippen molar-refractivity contribution in [3.63, 3.8) is 0 Å². The van der Waals surface area contributed by atoms with Gasteiger partial charge in [0.15, 0.2) is 0 Å². The Morgan fingerprint density at radius 1 is 1.15 bits per heavy atom. The molecule has 5 rings (SSSR count). The molecule has 6 heteroatoms. The summed E-state index contributed by atoms with van der Waals surface area (Å²) in [4.78, 5) is 33.1. The highest BCUT2D eigenvalue weighted by Crippen LogP contribution is 2.31. The molecular weight excluding hydrogens is 340 g/mol. The van der Waals surface area contributed by atoms with Crippen molar-refractivity contribution in [3.05, 3.63) is 53.7 Å². The topological polar surface area (TPSA) is 65.5 Å². The molecule has 6 nitrogen and oxygen atoms in total. The number of pyridine rings is 1. The quantitative estimate of drug-likeness (QED) is 0.907. The number of hydrogen-bond donors (Lipinski definition) is 1. The summed E-state index contributed by atoms with van der Waals surface area (Å²) in [5.74, 6) is 0.924. The first-order valence-corrected chi connectivity index (χ1v) is 9.61. The van der Waals surface area contributed by atoms with E-state index in [1.807, 2.05) is 40.1 Å². The second kappa shape index (κ2) is 6.37. The average Bonchev–Trinajstić information content (AvgIpc) is 3.33. The zero-order chi connectivity index (χ0) is 18.4. The number of aromatic nitrogens is 1. The number of nitrogens with one attached hydrogen (secondary N) is 1. The largest absolute Gasteiger partial charge is 0.365 e. The fourth-order valence-electron chi connectivity index (χ4n) is 4.09. The number of carbonyl (C=O) groups is 2.